The zero-order valence-electron chi connectivity index (χ0n) is 13.5. The minimum absolute atomic E-state index is 0.179. The van der Waals surface area contributed by atoms with Crippen molar-refractivity contribution in [2.24, 2.45) is 11.3 Å². The lowest BCUT2D eigenvalue weighted by Crippen LogP contribution is -2.48. The Morgan fingerprint density at radius 1 is 1.30 bits per heavy atom. The Bertz CT molecular complexity index is 324. The van der Waals surface area contributed by atoms with E-state index in [1.165, 1.54) is 19.3 Å². The Morgan fingerprint density at radius 3 is 2.65 bits per heavy atom. The third-order valence-electron chi connectivity index (χ3n) is 5.14. The summed E-state index contributed by atoms with van der Waals surface area (Å²) in [5.74, 6) is 0.592. The van der Waals surface area contributed by atoms with Gasteiger partial charge in [0.1, 0.15) is 0 Å². The van der Waals surface area contributed by atoms with Crippen LogP contribution in [0.2, 0.25) is 0 Å². The first-order valence-corrected chi connectivity index (χ1v) is 8.19. The smallest absolute Gasteiger partial charge is 0.226 e. The van der Waals surface area contributed by atoms with Gasteiger partial charge in [0.05, 0.1) is 0 Å². The summed E-state index contributed by atoms with van der Waals surface area (Å²) in [6, 6.07) is 0. The number of piperazine rings is 1. The van der Waals surface area contributed by atoms with Crippen molar-refractivity contribution in [1.82, 2.24) is 15.1 Å². The lowest BCUT2D eigenvalue weighted by atomic mass is 9.68. The first kappa shape index (κ1) is 15.8. The van der Waals surface area contributed by atoms with Gasteiger partial charge in [-0.3, -0.25) is 9.69 Å². The highest BCUT2D eigenvalue weighted by atomic mass is 16.2. The second kappa shape index (κ2) is 6.90. The molecule has 0 aromatic rings. The number of hydrogen-bond acceptors (Lipinski definition) is 3. The standard InChI is InChI=1S/C16H31N3O/c1-16(2)7-5-4-6-14(16)15(20)18(3)12-13-19-10-8-17-9-11-19/h14,17H,4-13H2,1-3H3. The quantitative estimate of drug-likeness (QED) is 0.849. The van der Waals surface area contributed by atoms with Crippen molar-refractivity contribution in [2.45, 2.75) is 39.5 Å². The maximum absolute atomic E-state index is 12.7. The van der Waals surface area contributed by atoms with Gasteiger partial charge in [0.2, 0.25) is 5.91 Å². The molecule has 20 heavy (non-hydrogen) atoms. The van der Waals surface area contributed by atoms with Crippen LogP contribution >= 0.6 is 0 Å². The molecule has 0 spiro atoms. The monoisotopic (exact) mass is 281 g/mol. The molecule has 4 nitrogen and oxygen atoms in total. The highest BCUT2D eigenvalue weighted by Gasteiger charge is 2.38. The maximum Gasteiger partial charge on any atom is 0.226 e. The highest BCUT2D eigenvalue weighted by molar-refractivity contribution is 5.79. The van der Waals surface area contributed by atoms with Crippen LogP contribution in [0.25, 0.3) is 0 Å². The number of hydrogen-bond donors (Lipinski definition) is 1. The molecule has 1 amide bonds. The number of nitrogens with one attached hydrogen (secondary N) is 1. The normalized spacial score (nSPS) is 27.2. The molecule has 1 heterocycles. The van der Waals surface area contributed by atoms with Crippen LogP contribution in [0.3, 0.4) is 0 Å². The van der Waals surface area contributed by atoms with Crippen molar-refractivity contribution < 1.29 is 4.79 Å². The van der Waals surface area contributed by atoms with Gasteiger partial charge in [0, 0.05) is 52.2 Å². The summed E-state index contributed by atoms with van der Waals surface area (Å²) < 4.78 is 0. The van der Waals surface area contributed by atoms with Crippen molar-refractivity contribution in [3.05, 3.63) is 0 Å². The van der Waals surface area contributed by atoms with E-state index in [1.807, 2.05) is 11.9 Å². The van der Waals surface area contributed by atoms with Crippen LogP contribution in [0.15, 0.2) is 0 Å². The zero-order chi connectivity index (χ0) is 14.6. The van der Waals surface area contributed by atoms with Gasteiger partial charge in [-0.25, -0.2) is 0 Å². The third-order valence-corrected chi connectivity index (χ3v) is 5.14. The first-order chi connectivity index (χ1) is 9.50. The van der Waals surface area contributed by atoms with Crippen LogP contribution in [0.5, 0.6) is 0 Å². The van der Waals surface area contributed by atoms with Crippen molar-refractivity contribution in [3.63, 3.8) is 0 Å². The summed E-state index contributed by atoms with van der Waals surface area (Å²) in [4.78, 5) is 17.1. The molecule has 1 saturated heterocycles. The van der Waals surface area contributed by atoms with Crippen molar-refractivity contribution >= 4 is 5.91 Å². The van der Waals surface area contributed by atoms with Crippen LogP contribution < -0.4 is 5.32 Å². The number of likely N-dealkylation sites (N-methyl/N-ethyl adjacent to an activating group) is 1. The van der Waals surface area contributed by atoms with E-state index >= 15 is 0 Å². The molecule has 0 radical (unpaired) electrons. The van der Waals surface area contributed by atoms with E-state index in [0.29, 0.717) is 5.91 Å². The fourth-order valence-corrected chi connectivity index (χ4v) is 3.55. The summed E-state index contributed by atoms with van der Waals surface area (Å²) >= 11 is 0. The lowest BCUT2D eigenvalue weighted by molar-refractivity contribution is -0.140. The summed E-state index contributed by atoms with van der Waals surface area (Å²) in [5, 5.41) is 3.37. The Balaban J connectivity index is 1.81. The molecule has 0 aromatic heterocycles. The molecular weight excluding hydrogens is 250 g/mol. The third kappa shape index (κ3) is 3.95. The van der Waals surface area contributed by atoms with Gasteiger partial charge in [-0.2, -0.15) is 0 Å². The van der Waals surface area contributed by atoms with Gasteiger partial charge < -0.3 is 10.2 Å². The largest absolute Gasteiger partial charge is 0.344 e. The molecular formula is C16H31N3O. The maximum atomic E-state index is 12.7. The van der Waals surface area contributed by atoms with E-state index in [1.54, 1.807) is 0 Å². The van der Waals surface area contributed by atoms with E-state index in [4.69, 9.17) is 0 Å². The van der Waals surface area contributed by atoms with E-state index in [9.17, 15) is 4.79 Å². The molecule has 2 rings (SSSR count). The van der Waals surface area contributed by atoms with Crippen molar-refractivity contribution in [3.8, 4) is 0 Å². The number of carbonyl (C=O) groups excluding carboxylic acids is 1. The van der Waals surface area contributed by atoms with E-state index in [0.717, 1.165) is 45.7 Å². The summed E-state index contributed by atoms with van der Waals surface area (Å²) in [6.45, 7) is 10.8. The summed E-state index contributed by atoms with van der Waals surface area (Å²) in [5.41, 5.74) is 0.179. The molecule has 0 aromatic carbocycles. The van der Waals surface area contributed by atoms with Gasteiger partial charge >= 0.3 is 0 Å². The highest BCUT2D eigenvalue weighted by Crippen LogP contribution is 2.41. The topological polar surface area (TPSA) is 35.6 Å². The zero-order valence-corrected chi connectivity index (χ0v) is 13.5. The summed E-state index contributed by atoms with van der Waals surface area (Å²) in [7, 11) is 1.98. The average Bonchev–Trinajstić information content (AvgIpc) is 2.44. The Hall–Kier alpha value is -0.610. The average molecular weight is 281 g/mol. The van der Waals surface area contributed by atoms with Gasteiger partial charge in [-0.05, 0) is 18.3 Å². The van der Waals surface area contributed by atoms with Crippen LogP contribution in [0.4, 0.5) is 0 Å². The van der Waals surface area contributed by atoms with Gasteiger partial charge in [0.15, 0.2) is 0 Å². The van der Waals surface area contributed by atoms with Crippen LogP contribution in [0, 0.1) is 11.3 Å². The molecule has 1 aliphatic carbocycles. The molecule has 116 valence electrons. The SMILES string of the molecule is CN(CCN1CCNCC1)C(=O)C1CCCCC1(C)C. The Morgan fingerprint density at radius 2 is 2.00 bits per heavy atom. The van der Waals surface area contributed by atoms with E-state index < -0.39 is 0 Å². The fraction of sp³-hybridized carbons (Fsp3) is 0.938. The van der Waals surface area contributed by atoms with Crippen molar-refractivity contribution in [1.29, 1.82) is 0 Å². The van der Waals surface area contributed by atoms with Crippen LogP contribution in [0.1, 0.15) is 39.5 Å². The van der Waals surface area contributed by atoms with Crippen LogP contribution in [-0.2, 0) is 4.79 Å². The van der Waals surface area contributed by atoms with Crippen molar-refractivity contribution in [2.75, 3.05) is 46.3 Å². The predicted molar refractivity (Wildman–Crippen MR) is 82.7 cm³/mol. The lowest BCUT2D eigenvalue weighted by Gasteiger charge is -2.39. The molecule has 1 atom stereocenters. The Labute approximate surface area is 123 Å². The minimum Gasteiger partial charge on any atom is -0.344 e. The van der Waals surface area contributed by atoms with Gasteiger partial charge in [-0.1, -0.05) is 26.7 Å². The van der Waals surface area contributed by atoms with E-state index in [-0.39, 0.29) is 11.3 Å². The molecule has 1 saturated carbocycles. The molecule has 1 N–H and O–H groups in total. The minimum atomic E-state index is 0.179. The number of carbonyl (C=O) groups is 1. The van der Waals surface area contributed by atoms with E-state index in [2.05, 4.69) is 24.1 Å². The predicted octanol–water partition coefficient (Wildman–Crippen LogP) is 1.57. The number of amides is 1. The molecule has 0 bridgehead atoms. The number of rotatable bonds is 4. The second-order valence-corrected chi connectivity index (χ2v) is 7.14. The fourth-order valence-electron chi connectivity index (χ4n) is 3.55. The van der Waals surface area contributed by atoms with Crippen LogP contribution in [-0.4, -0.2) is 62.0 Å². The number of nitrogens with zero attached hydrogens (tertiary/aromatic N) is 2. The van der Waals surface area contributed by atoms with Gasteiger partial charge in [-0.15, -0.1) is 0 Å². The molecule has 2 fully saturated rings. The van der Waals surface area contributed by atoms with Gasteiger partial charge in [0.25, 0.3) is 0 Å². The molecule has 1 aliphatic heterocycles. The summed E-state index contributed by atoms with van der Waals surface area (Å²) in [6.07, 6.45) is 4.76. The molecule has 1 unspecified atom stereocenters. The first-order valence-electron chi connectivity index (χ1n) is 8.19. The molecule has 4 heteroatoms. The Kier molecular flexibility index (Phi) is 5.44. The second-order valence-electron chi connectivity index (χ2n) is 7.14. The molecule has 2 aliphatic rings.